The quantitative estimate of drug-likeness (QED) is 0.729. The van der Waals surface area contributed by atoms with Crippen LogP contribution >= 0.6 is 0 Å². The summed E-state index contributed by atoms with van der Waals surface area (Å²) in [5.74, 6) is 0.146. The number of fused-ring (bicyclic) bond motifs is 1. The van der Waals surface area contributed by atoms with E-state index in [1.807, 2.05) is 18.0 Å². The van der Waals surface area contributed by atoms with Gasteiger partial charge in [0.15, 0.2) is 0 Å². The van der Waals surface area contributed by atoms with E-state index in [9.17, 15) is 4.79 Å². The molecule has 3 heteroatoms. The first kappa shape index (κ1) is 9.06. The molecule has 0 aliphatic carbocycles. The molecule has 0 saturated carbocycles. The predicted octanol–water partition coefficient (Wildman–Crippen LogP) is 1.59. The summed E-state index contributed by atoms with van der Waals surface area (Å²) < 4.78 is 0. The van der Waals surface area contributed by atoms with Gasteiger partial charge in [-0.15, -0.1) is 0 Å². The van der Waals surface area contributed by atoms with Crippen molar-refractivity contribution in [2.24, 2.45) is 0 Å². The lowest BCUT2D eigenvalue weighted by molar-refractivity contribution is -0.129. The van der Waals surface area contributed by atoms with Gasteiger partial charge >= 0.3 is 0 Å². The smallest absolute Gasteiger partial charge is 0.220 e. The van der Waals surface area contributed by atoms with E-state index in [1.54, 1.807) is 6.92 Å². The van der Waals surface area contributed by atoms with Crippen LogP contribution in [0.15, 0.2) is 18.2 Å². The molecule has 2 rings (SSSR count). The maximum atomic E-state index is 11.2. The number of carbonyl (C=O) groups is 1. The Hall–Kier alpha value is -1.51. The third-order valence-electron chi connectivity index (χ3n) is 2.66. The Morgan fingerprint density at radius 3 is 2.71 bits per heavy atom. The van der Waals surface area contributed by atoms with E-state index in [0.717, 1.165) is 18.8 Å². The van der Waals surface area contributed by atoms with Crippen molar-refractivity contribution in [3.05, 3.63) is 29.3 Å². The van der Waals surface area contributed by atoms with E-state index in [-0.39, 0.29) is 5.91 Å². The molecule has 1 N–H and O–H groups in total. The summed E-state index contributed by atoms with van der Waals surface area (Å²) >= 11 is 0. The number of nitrogens with zero attached hydrogens (tertiary/aromatic N) is 1. The topological polar surface area (TPSA) is 32.3 Å². The zero-order valence-electron chi connectivity index (χ0n) is 8.50. The molecule has 1 aliphatic rings. The van der Waals surface area contributed by atoms with Gasteiger partial charge in [0.1, 0.15) is 0 Å². The van der Waals surface area contributed by atoms with Crippen LogP contribution in [0.4, 0.5) is 5.69 Å². The first-order valence-corrected chi connectivity index (χ1v) is 4.76. The number of hydrogen-bond donors (Lipinski definition) is 1. The number of anilines is 1. The standard InChI is InChI=1S/C11H14N2O/c1-8(14)13-6-9-3-4-11(12-2)5-10(9)7-13/h3-5,12H,6-7H2,1-2H3. The molecule has 0 saturated heterocycles. The number of rotatable bonds is 1. The molecule has 14 heavy (non-hydrogen) atoms. The molecule has 0 aromatic heterocycles. The first-order chi connectivity index (χ1) is 6.70. The second-order valence-electron chi connectivity index (χ2n) is 3.61. The van der Waals surface area contributed by atoms with Crippen molar-refractivity contribution in [1.29, 1.82) is 0 Å². The van der Waals surface area contributed by atoms with Crippen molar-refractivity contribution in [2.75, 3.05) is 12.4 Å². The largest absolute Gasteiger partial charge is 0.388 e. The average molecular weight is 190 g/mol. The van der Waals surface area contributed by atoms with Crippen LogP contribution < -0.4 is 5.32 Å². The molecule has 0 atom stereocenters. The highest BCUT2D eigenvalue weighted by Gasteiger charge is 2.20. The number of carbonyl (C=O) groups excluding carboxylic acids is 1. The van der Waals surface area contributed by atoms with Crippen LogP contribution in [-0.4, -0.2) is 17.9 Å². The van der Waals surface area contributed by atoms with Gasteiger partial charge in [-0.25, -0.2) is 0 Å². The predicted molar refractivity (Wildman–Crippen MR) is 55.9 cm³/mol. The minimum atomic E-state index is 0.146. The lowest BCUT2D eigenvalue weighted by Crippen LogP contribution is -2.21. The summed E-state index contributed by atoms with van der Waals surface area (Å²) in [4.78, 5) is 13.0. The summed E-state index contributed by atoms with van der Waals surface area (Å²) in [6, 6.07) is 6.24. The zero-order chi connectivity index (χ0) is 10.1. The van der Waals surface area contributed by atoms with Crippen molar-refractivity contribution in [3.63, 3.8) is 0 Å². The van der Waals surface area contributed by atoms with Crippen molar-refractivity contribution in [3.8, 4) is 0 Å². The molecule has 74 valence electrons. The van der Waals surface area contributed by atoms with Gasteiger partial charge in [0.25, 0.3) is 0 Å². The molecule has 0 bridgehead atoms. The Morgan fingerprint density at radius 2 is 2.07 bits per heavy atom. The first-order valence-electron chi connectivity index (χ1n) is 4.76. The van der Waals surface area contributed by atoms with Gasteiger partial charge in [-0.05, 0) is 23.3 Å². The normalized spacial score (nSPS) is 14.0. The van der Waals surface area contributed by atoms with Crippen molar-refractivity contribution >= 4 is 11.6 Å². The highest BCUT2D eigenvalue weighted by molar-refractivity contribution is 5.74. The van der Waals surface area contributed by atoms with E-state index >= 15 is 0 Å². The highest BCUT2D eigenvalue weighted by Crippen LogP contribution is 2.25. The number of hydrogen-bond acceptors (Lipinski definition) is 2. The number of amides is 1. The van der Waals surface area contributed by atoms with Crippen LogP contribution in [0.5, 0.6) is 0 Å². The van der Waals surface area contributed by atoms with Gasteiger partial charge in [0, 0.05) is 32.7 Å². The molecule has 3 nitrogen and oxygen atoms in total. The van der Waals surface area contributed by atoms with Crippen molar-refractivity contribution in [1.82, 2.24) is 4.90 Å². The summed E-state index contributed by atoms with van der Waals surface area (Å²) in [5, 5.41) is 3.10. The Kier molecular flexibility index (Phi) is 2.15. The minimum Gasteiger partial charge on any atom is -0.388 e. The molecule has 0 unspecified atom stereocenters. The highest BCUT2D eigenvalue weighted by atomic mass is 16.2. The molecule has 1 heterocycles. The average Bonchev–Trinajstić information content (AvgIpc) is 2.59. The van der Waals surface area contributed by atoms with E-state index in [0.29, 0.717) is 0 Å². The van der Waals surface area contributed by atoms with E-state index in [4.69, 9.17) is 0 Å². The van der Waals surface area contributed by atoms with Crippen molar-refractivity contribution in [2.45, 2.75) is 20.0 Å². The fourth-order valence-electron chi connectivity index (χ4n) is 1.77. The van der Waals surface area contributed by atoms with Crippen LogP contribution in [0, 0.1) is 0 Å². The third-order valence-corrected chi connectivity index (χ3v) is 2.66. The molecule has 1 aliphatic heterocycles. The molecule has 0 radical (unpaired) electrons. The lowest BCUT2D eigenvalue weighted by Gasteiger charge is -2.10. The van der Waals surface area contributed by atoms with Gasteiger partial charge in [-0.2, -0.15) is 0 Å². The zero-order valence-corrected chi connectivity index (χ0v) is 8.50. The summed E-state index contributed by atoms with van der Waals surface area (Å²) in [7, 11) is 1.90. The monoisotopic (exact) mass is 190 g/mol. The lowest BCUT2D eigenvalue weighted by atomic mass is 10.1. The second-order valence-corrected chi connectivity index (χ2v) is 3.61. The van der Waals surface area contributed by atoms with E-state index in [1.165, 1.54) is 11.1 Å². The van der Waals surface area contributed by atoms with Crippen LogP contribution in [0.1, 0.15) is 18.1 Å². The van der Waals surface area contributed by atoms with Gasteiger partial charge in [-0.1, -0.05) is 6.07 Å². The number of nitrogens with one attached hydrogen (secondary N) is 1. The molecule has 0 spiro atoms. The maximum Gasteiger partial charge on any atom is 0.220 e. The fraction of sp³-hybridized carbons (Fsp3) is 0.364. The molecular weight excluding hydrogens is 176 g/mol. The van der Waals surface area contributed by atoms with Gasteiger partial charge in [0.05, 0.1) is 0 Å². The molecule has 0 fully saturated rings. The Labute approximate surface area is 83.7 Å². The van der Waals surface area contributed by atoms with Crippen LogP contribution in [0.25, 0.3) is 0 Å². The number of benzene rings is 1. The Bertz CT molecular complexity index is 374. The fourth-order valence-corrected chi connectivity index (χ4v) is 1.77. The summed E-state index contributed by atoms with van der Waals surface area (Å²) in [5.41, 5.74) is 3.63. The van der Waals surface area contributed by atoms with Crippen LogP contribution in [-0.2, 0) is 17.9 Å². The molecule has 1 aromatic carbocycles. The van der Waals surface area contributed by atoms with Crippen LogP contribution in [0.2, 0.25) is 0 Å². The molecular formula is C11H14N2O. The Morgan fingerprint density at radius 1 is 1.36 bits per heavy atom. The summed E-state index contributed by atoms with van der Waals surface area (Å²) in [6.45, 7) is 3.12. The van der Waals surface area contributed by atoms with Gasteiger partial charge < -0.3 is 10.2 Å². The Balaban J connectivity index is 2.27. The summed E-state index contributed by atoms with van der Waals surface area (Å²) in [6.07, 6.45) is 0. The van der Waals surface area contributed by atoms with Crippen LogP contribution in [0.3, 0.4) is 0 Å². The van der Waals surface area contributed by atoms with Gasteiger partial charge in [-0.3, -0.25) is 4.79 Å². The SMILES string of the molecule is CNc1ccc2c(c1)CN(C(C)=O)C2. The molecule has 1 amide bonds. The minimum absolute atomic E-state index is 0.146. The third kappa shape index (κ3) is 1.45. The molecule has 1 aromatic rings. The second kappa shape index (κ2) is 3.33. The maximum absolute atomic E-state index is 11.2. The van der Waals surface area contributed by atoms with Gasteiger partial charge in [0.2, 0.25) is 5.91 Å². The van der Waals surface area contributed by atoms with E-state index < -0.39 is 0 Å². The van der Waals surface area contributed by atoms with E-state index in [2.05, 4.69) is 17.4 Å². The van der Waals surface area contributed by atoms with Crippen molar-refractivity contribution < 1.29 is 4.79 Å².